The van der Waals surface area contributed by atoms with Gasteiger partial charge in [-0.3, -0.25) is 14.4 Å². The number of hydrogen-bond acceptors (Lipinski definition) is 6. The highest BCUT2D eigenvalue weighted by Gasteiger charge is 2.19. The van der Waals surface area contributed by atoms with Gasteiger partial charge in [0.05, 0.1) is 0 Å². The van der Waals surface area contributed by atoms with Crippen LogP contribution >= 0.6 is 0 Å². The van der Waals surface area contributed by atoms with E-state index >= 15 is 0 Å². The summed E-state index contributed by atoms with van der Waals surface area (Å²) < 4.78 is 17.0. The van der Waals surface area contributed by atoms with Gasteiger partial charge in [-0.15, -0.1) is 0 Å². The van der Waals surface area contributed by atoms with Crippen LogP contribution < -0.4 is 0 Å². The van der Waals surface area contributed by atoms with Gasteiger partial charge in [-0.25, -0.2) is 0 Å². The Labute approximate surface area is 508 Å². The summed E-state index contributed by atoms with van der Waals surface area (Å²) in [5, 5.41) is 0. The number of ether oxygens (including phenoxy) is 3. The van der Waals surface area contributed by atoms with Gasteiger partial charge in [0.1, 0.15) is 13.2 Å². The fourth-order valence-electron chi connectivity index (χ4n) is 9.77. The van der Waals surface area contributed by atoms with E-state index in [2.05, 4.69) is 130 Å². The van der Waals surface area contributed by atoms with Crippen LogP contribution in [0.3, 0.4) is 0 Å². The zero-order valence-corrected chi connectivity index (χ0v) is 54.0. The first-order chi connectivity index (χ1) is 40.5. The lowest BCUT2D eigenvalue weighted by Crippen LogP contribution is -2.30. The molecule has 0 N–H and O–H groups in total. The van der Waals surface area contributed by atoms with Crippen molar-refractivity contribution in [2.45, 2.75) is 341 Å². The Kier molecular flexibility index (Phi) is 66.2. The lowest BCUT2D eigenvalue weighted by Gasteiger charge is -2.18. The van der Waals surface area contributed by atoms with Crippen molar-refractivity contribution in [3.05, 3.63) is 109 Å². The molecule has 0 heterocycles. The highest BCUT2D eigenvalue weighted by Crippen LogP contribution is 2.16. The van der Waals surface area contributed by atoms with Crippen LogP contribution in [0, 0.1) is 0 Å². The Balaban J connectivity index is 4.34. The fraction of sp³-hybridized carbons (Fsp3) is 0.724. The number of carbonyl (C=O) groups excluding carboxylic acids is 3. The van der Waals surface area contributed by atoms with Gasteiger partial charge in [-0.05, 0) is 128 Å². The van der Waals surface area contributed by atoms with Crippen molar-refractivity contribution in [3.63, 3.8) is 0 Å². The van der Waals surface area contributed by atoms with E-state index in [-0.39, 0.29) is 31.1 Å². The molecular weight excluding hydrogens is 1010 g/mol. The molecule has 6 nitrogen and oxygen atoms in total. The first-order valence-electron chi connectivity index (χ1n) is 34.9. The third-order valence-corrected chi connectivity index (χ3v) is 15.0. The standard InChI is InChI=1S/C76H130O6/c1-4-7-10-13-16-19-22-25-28-30-32-34-36-37-38-39-41-42-44-46-48-51-54-57-60-63-66-69-75(78)81-72-73(71-80-74(77)68-65-62-59-56-53-50-27-24-21-18-15-12-9-6-3)82-76(79)70-67-64-61-58-55-52-49-47-45-43-40-35-33-31-29-26-23-20-17-14-11-8-5-2/h7,10,16,19,23-28,31-34,37-38,40,43,73H,4-6,8-9,11-15,17-18,20-22,29-30,35-36,39,41-42,44-72H2,1-3H3/b10-7-,19-16-,26-23-,27-24-,28-25-,33-31-,34-32-,38-37-,43-40-. The summed E-state index contributed by atoms with van der Waals surface area (Å²) in [5.41, 5.74) is 0. The number of carbonyl (C=O) groups is 3. The smallest absolute Gasteiger partial charge is 0.306 e. The van der Waals surface area contributed by atoms with Gasteiger partial charge in [-0.1, -0.05) is 297 Å². The maximum absolute atomic E-state index is 13.0. The Morgan fingerprint density at radius 1 is 0.256 bits per heavy atom. The van der Waals surface area contributed by atoms with Crippen LogP contribution in [0.1, 0.15) is 335 Å². The van der Waals surface area contributed by atoms with Crippen LogP contribution in [-0.4, -0.2) is 37.2 Å². The van der Waals surface area contributed by atoms with E-state index in [1.54, 1.807) is 0 Å². The van der Waals surface area contributed by atoms with E-state index in [4.69, 9.17) is 14.2 Å². The summed E-state index contributed by atoms with van der Waals surface area (Å²) in [6.45, 7) is 6.52. The SMILES string of the molecule is CC/C=C\C/C=C\C/C=C\C/C=C\C/C=C\CCCCCCCCCCCCCC(=O)OCC(COC(=O)CCCCCCC/C=C\CCCCCCC)OC(=O)CCCCCCCCCC/C=C\C/C=C\C/C=C\CCCCCCC. The highest BCUT2D eigenvalue weighted by atomic mass is 16.6. The van der Waals surface area contributed by atoms with Crippen LogP contribution in [0.4, 0.5) is 0 Å². The summed E-state index contributed by atoms with van der Waals surface area (Å²) >= 11 is 0. The third-order valence-electron chi connectivity index (χ3n) is 15.0. The second-order valence-electron chi connectivity index (χ2n) is 23.1. The maximum atomic E-state index is 13.0. The summed E-state index contributed by atoms with van der Waals surface area (Å²) in [6, 6.07) is 0. The Morgan fingerprint density at radius 3 is 0.756 bits per heavy atom. The first-order valence-corrected chi connectivity index (χ1v) is 34.9. The average molecular weight is 1140 g/mol. The third kappa shape index (κ3) is 66.9. The minimum atomic E-state index is -0.790. The van der Waals surface area contributed by atoms with E-state index in [9.17, 15) is 14.4 Å². The van der Waals surface area contributed by atoms with Crippen LogP contribution in [0.5, 0.6) is 0 Å². The van der Waals surface area contributed by atoms with E-state index in [0.29, 0.717) is 19.3 Å². The molecule has 0 aromatic heterocycles. The maximum Gasteiger partial charge on any atom is 0.306 e. The summed E-state index contributed by atoms with van der Waals surface area (Å²) in [4.78, 5) is 38.4. The number of allylic oxidation sites excluding steroid dienone is 18. The largest absolute Gasteiger partial charge is 0.462 e. The molecule has 0 spiro atoms. The van der Waals surface area contributed by atoms with Crippen LogP contribution in [0.15, 0.2) is 109 Å². The van der Waals surface area contributed by atoms with Crippen LogP contribution in [-0.2, 0) is 28.6 Å². The molecule has 1 atom stereocenters. The van der Waals surface area contributed by atoms with Crippen molar-refractivity contribution in [1.29, 1.82) is 0 Å². The van der Waals surface area contributed by atoms with Gasteiger partial charge in [0.15, 0.2) is 6.10 Å². The molecule has 0 aliphatic heterocycles. The predicted molar refractivity (Wildman–Crippen MR) is 357 cm³/mol. The zero-order valence-electron chi connectivity index (χ0n) is 54.0. The van der Waals surface area contributed by atoms with E-state index in [1.165, 1.54) is 180 Å². The molecule has 0 bridgehead atoms. The van der Waals surface area contributed by atoms with Gasteiger partial charge in [0.2, 0.25) is 0 Å². The first kappa shape index (κ1) is 78.1. The number of rotatable bonds is 63. The predicted octanol–water partition coefficient (Wildman–Crippen LogP) is 24.2. The van der Waals surface area contributed by atoms with Crippen molar-refractivity contribution in [3.8, 4) is 0 Å². The van der Waals surface area contributed by atoms with E-state index < -0.39 is 6.10 Å². The second kappa shape index (κ2) is 69.6. The molecule has 0 aliphatic carbocycles. The zero-order chi connectivity index (χ0) is 59.2. The van der Waals surface area contributed by atoms with Crippen LogP contribution in [0.2, 0.25) is 0 Å². The minimum Gasteiger partial charge on any atom is -0.462 e. The average Bonchev–Trinajstić information content (AvgIpc) is 3.48. The van der Waals surface area contributed by atoms with Gasteiger partial charge < -0.3 is 14.2 Å². The van der Waals surface area contributed by atoms with Crippen molar-refractivity contribution in [1.82, 2.24) is 0 Å². The highest BCUT2D eigenvalue weighted by molar-refractivity contribution is 5.71. The lowest BCUT2D eigenvalue weighted by atomic mass is 10.0. The lowest BCUT2D eigenvalue weighted by molar-refractivity contribution is -0.167. The summed E-state index contributed by atoms with van der Waals surface area (Å²) in [7, 11) is 0. The molecule has 82 heavy (non-hydrogen) atoms. The summed E-state index contributed by atoms with van der Waals surface area (Å²) in [5.74, 6) is -0.891. The Hall–Kier alpha value is -3.93. The topological polar surface area (TPSA) is 78.9 Å². The second-order valence-corrected chi connectivity index (χ2v) is 23.1. The number of esters is 3. The molecular formula is C76H130O6. The Bertz CT molecular complexity index is 1640. The van der Waals surface area contributed by atoms with Crippen molar-refractivity contribution in [2.24, 2.45) is 0 Å². The molecule has 0 aliphatic rings. The molecule has 0 aromatic rings. The quantitative estimate of drug-likeness (QED) is 0.0261. The summed E-state index contributed by atoms with van der Waals surface area (Å²) in [6.07, 6.45) is 95.3. The van der Waals surface area contributed by atoms with Gasteiger partial charge in [0.25, 0.3) is 0 Å². The molecule has 470 valence electrons. The molecule has 0 radical (unpaired) electrons. The van der Waals surface area contributed by atoms with Gasteiger partial charge >= 0.3 is 17.9 Å². The van der Waals surface area contributed by atoms with Gasteiger partial charge in [0, 0.05) is 19.3 Å². The molecule has 1 unspecified atom stereocenters. The van der Waals surface area contributed by atoms with Crippen molar-refractivity contribution < 1.29 is 28.6 Å². The van der Waals surface area contributed by atoms with E-state index in [0.717, 1.165) is 116 Å². The number of hydrogen-bond donors (Lipinski definition) is 0. The molecule has 0 amide bonds. The fourth-order valence-corrected chi connectivity index (χ4v) is 9.77. The number of unbranched alkanes of at least 4 members (excludes halogenated alkanes) is 34. The molecule has 0 saturated carbocycles. The molecule has 0 fully saturated rings. The van der Waals surface area contributed by atoms with Crippen LogP contribution in [0.25, 0.3) is 0 Å². The molecule has 0 aromatic carbocycles. The van der Waals surface area contributed by atoms with E-state index in [1.807, 2.05) is 0 Å². The van der Waals surface area contributed by atoms with Crippen molar-refractivity contribution >= 4 is 17.9 Å². The normalized spacial score (nSPS) is 12.8. The minimum absolute atomic E-state index is 0.0847. The molecule has 6 heteroatoms. The Morgan fingerprint density at radius 2 is 0.476 bits per heavy atom. The van der Waals surface area contributed by atoms with Crippen molar-refractivity contribution in [2.75, 3.05) is 13.2 Å². The molecule has 0 rings (SSSR count). The monoisotopic (exact) mass is 1140 g/mol. The molecule has 0 saturated heterocycles. The van der Waals surface area contributed by atoms with Gasteiger partial charge in [-0.2, -0.15) is 0 Å².